The Bertz CT molecular complexity index is 753. The molecular formula is C20H29N3O2. The maximum Gasteiger partial charge on any atom is 0.139 e. The topological polar surface area (TPSA) is 52.7 Å². The van der Waals surface area contributed by atoms with Gasteiger partial charge >= 0.3 is 0 Å². The molecule has 1 aliphatic rings. The van der Waals surface area contributed by atoms with Gasteiger partial charge in [-0.15, -0.1) is 0 Å². The molecule has 0 saturated carbocycles. The molecule has 0 saturated heterocycles. The van der Waals surface area contributed by atoms with Crippen LogP contribution in [0.1, 0.15) is 48.3 Å². The molecule has 0 bridgehead atoms. The van der Waals surface area contributed by atoms with E-state index in [-0.39, 0.29) is 18.4 Å². The lowest BCUT2D eigenvalue weighted by Crippen LogP contribution is -2.52. The van der Waals surface area contributed by atoms with Crippen LogP contribution in [0.15, 0.2) is 28.8 Å². The number of rotatable bonds is 5. The second-order valence-electron chi connectivity index (χ2n) is 7.67. The fourth-order valence-corrected chi connectivity index (χ4v) is 4.47. The normalized spacial score (nSPS) is 22.9. The van der Waals surface area contributed by atoms with Crippen LogP contribution in [-0.2, 0) is 5.54 Å². The highest BCUT2D eigenvalue weighted by Crippen LogP contribution is 2.54. The Labute approximate surface area is 150 Å². The average molecular weight is 343 g/mol. The number of nitrogens with zero attached hydrogens (tertiary/aromatic N) is 3. The van der Waals surface area contributed by atoms with E-state index in [0.717, 1.165) is 23.6 Å². The molecule has 0 fully saturated rings. The first-order valence-electron chi connectivity index (χ1n) is 8.89. The van der Waals surface area contributed by atoms with Gasteiger partial charge in [0.15, 0.2) is 0 Å². The number of aliphatic hydroxyl groups excluding tert-OH is 1. The fourth-order valence-electron chi connectivity index (χ4n) is 4.47. The van der Waals surface area contributed by atoms with Crippen LogP contribution in [0.2, 0.25) is 0 Å². The summed E-state index contributed by atoms with van der Waals surface area (Å²) in [5.74, 6) is 1.05. The number of para-hydroxylation sites is 1. The van der Waals surface area contributed by atoms with E-state index in [1.807, 2.05) is 13.0 Å². The molecule has 1 aromatic heterocycles. The molecule has 5 nitrogen and oxygen atoms in total. The first-order valence-corrected chi connectivity index (χ1v) is 8.89. The largest absolute Gasteiger partial charge is 0.396 e. The number of fused-ring (bicyclic) bond motifs is 1. The molecule has 2 heterocycles. The lowest BCUT2D eigenvalue weighted by molar-refractivity contribution is 0.176. The van der Waals surface area contributed by atoms with E-state index in [9.17, 15) is 5.11 Å². The zero-order valence-corrected chi connectivity index (χ0v) is 16.1. The second kappa shape index (κ2) is 6.46. The Morgan fingerprint density at radius 2 is 2.00 bits per heavy atom. The number of aromatic nitrogens is 1. The van der Waals surface area contributed by atoms with Gasteiger partial charge in [0, 0.05) is 30.8 Å². The summed E-state index contributed by atoms with van der Waals surface area (Å²) in [5, 5.41) is 14.8. The molecule has 2 unspecified atom stereocenters. The van der Waals surface area contributed by atoms with Crippen molar-refractivity contribution in [1.82, 2.24) is 10.1 Å². The third-order valence-electron chi connectivity index (χ3n) is 5.46. The first kappa shape index (κ1) is 18.0. The number of aryl methyl sites for hydroxylation is 1. The summed E-state index contributed by atoms with van der Waals surface area (Å²) in [5.41, 5.74) is 4.04. The van der Waals surface area contributed by atoms with Gasteiger partial charge in [0.2, 0.25) is 0 Å². The molecule has 5 heteroatoms. The van der Waals surface area contributed by atoms with Gasteiger partial charge in [-0.2, -0.15) is 0 Å². The standard InChI is InChI=1S/C20H29N3O2/c1-13(2)19-18(14(3)25-21-19)20(12-22(4)5)16(11-24)15-9-7-8-10-17(15)23(20)6/h7-10,13,16,24H,11-12H2,1-6H3. The third-order valence-corrected chi connectivity index (χ3v) is 5.46. The number of anilines is 1. The zero-order chi connectivity index (χ0) is 18.4. The number of likely N-dealkylation sites (N-methyl/N-ethyl adjacent to an activating group) is 2. The van der Waals surface area contributed by atoms with Crippen LogP contribution in [0, 0.1) is 6.92 Å². The zero-order valence-electron chi connectivity index (χ0n) is 16.1. The molecule has 2 atom stereocenters. The van der Waals surface area contributed by atoms with Crippen molar-refractivity contribution < 1.29 is 9.63 Å². The Kier molecular flexibility index (Phi) is 4.64. The highest BCUT2D eigenvalue weighted by molar-refractivity contribution is 5.67. The lowest BCUT2D eigenvalue weighted by atomic mass is 9.74. The molecule has 0 spiro atoms. The Balaban J connectivity index is 2.31. The van der Waals surface area contributed by atoms with Crippen LogP contribution in [0.25, 0.3) is 0 Å². The highest BCUT2D eigenvalue weighted by Gasteiger charge is 2.54. The van der Waals surface area contributed by atoms with Crippen LogP contribution in [0.3, 0.4) is 0 Å². The second-order valence-corrected chi connectivity index (χ2v) is 7.67. The number of aliphatic hydroxyl groups is 1. The minimum atomic E-state index is -0.411. The molecule has 0 aliphatic carbocycles. The predicted molar refractivity (Wildman–Crippen MR) is 100 cm³/mol. The van der Waals surface area contributed by atoms with E-state index in [4.69, 9.17) is 4.52 Å². The minimum absolute atomic E-state index is 0.0355. The molecule has 0 amide bonds. The van der Waals surface area contributed by atoms with E-state index in [2.05, 4.69) is 68.1 Å². The van der Waals surface area contributed by atoms with Gasteiger partial charge in [0.05, 0.1) is 17.8 Å². The molecular weight excluding hydrogens is 314 g/mol. The molecule has 1 aliphatic heterocycles. The number of hydrogen-bond donors (Lipinski definition) is 1. The van der Waals surface area contributed by atoms with Crippen molar-refractivity contribution in [2.24, 2.45) is 0 Å². The molecule has 1 aromatic carbocycles. The smallest absolute Gasteiger partial charge is 0.139 e. The summed E-state index contributed by atoms with van der Waals surface area (Å²) in [7, 11) is 6.27. The predicted octanol–water partition coefficient (Wildman–Crippen LogP) is 3.09. The van der Waals surface area contributed by atoms with E-state index >= 15 is 0 Å². The first-order chi connectivity index (χ1) is 11.8. The van der Waals surface area contributed by atoms with Crippen molar-refractivity contribution in [1.29, 1.82) is 0 Å². The van der Waals surface area contributed by atoms with Crippen molar-refractivity contribution >= 4 is 5.69 Å². The van der Waals surface area contributed by atoms with Crippen LogP contribution in [0.5, 0.6) is 0 Å². The minimum Gasteiger partial charge on any atom is -0.396 e. The fraction of sp³-hybridized carbons (Fsp3) is 0.550. The van der Waals surface area contributed by atoms with Crippen molar-refractivity contribution in [3.05, 3.63) is 46.8 Å². The molecule has 3 rings (SSSR count). The summed E-state index contributed by atoms with van der Waals surface area (Å²) >= 11 is 0. The van der Waals surface area contributed by atoms with Crippen LogP contribution in [0.4, 0.5) is 5.69 Å². The summed E-state index contributed by atoms with van der Waals surface area (Å²) in [6.07, 6.45) is 0. The lowest BCUT2D eigenvalue weighted by Gasteiger charge is -2.44. The summed E-state index contributed by atoms with van der Waals surface area (Å²) < 4.78 is 5.64. The Morgan fingerprint density at radius 1 is 1.32 bits per heavy atom. The van der Waals surface area contributed by atoms with Gasteiger partial charge in [-0.1, -0.05) is 37.2 Å². The monoisotopic (exact) mass is 343 g/mol. The van der Waals surface area contributed by atoms with Gasteiger partial charge in [0.25, 0.3) is 0 Å². The van der Waals surface area contributed by atoms with Gasteiger partial charge < -0.3 is 19.4 Å². The van der Waals surface area contributed by atoms with E-state index < -0.39 is 5.54 Å². The van der Waals surface area contributed by atoms with Crippen LogP contribution >= 0.6 is 0 Å². The third kappa shape index (κ3) is 2.57. The maximum atomic E-state index is 10.4. The van der Waals surface area contributed by atoms with Crippen molar-refractivity contribution in [2.45, 2.75) is 38.1 Å². The molecule has 2 aromatic rings. The SMILES string of the molecule is Cc1onc(C(C)C)c1C1(CN(C)C)C(CO)c2ccccc2N1C. The molecule has 0 radical (unpaired) electrons. The summed E-state index contributed by atoms with van der Waals surface area (Å²) in [4.78, 5) is 4.50. The van der Waals surface area contributed by atoms with Crippen LogP contribution in [-0.4, -0.2) is 49.5 Å². The number of benzene rings is 1. The maximum absolute atomic E-state index is 10.4. The van der Waals surface area contributed by atoms with E-state index in [1.54, 1.807) is 0 Å². The summed E-state index contributed by atoms with van der Waals surface area (Å²) in [6, 6.07) is 8.36. The van der Waals surface area contributed by atoms with Crippen LogP contribution < -0.4 is 4.90 Å². The number of hydrogen-bond acceptors (Lipinski definition) is 5. The Morgan fingerprint density at radius 3 is 2.60 bits per heavy atom. The van der Waals surface area contributed by atoms with Crippen molar-refractivity contribution in [3.63, 3.8) is 0 Å². The average Bonchev–Trinajstić information content (AvgIpc) is 3.05. The van der Waals surface area contributed by atoms with Gasteiger partial charge in [-0.05, 0) is 38.6 Å². The summed E-state index contributed by atoms with van der Waals surface area (Å²) in [6.45, 7) is 7.11. The van der Waals surface area contributed by atoms with Gasteiger partial charge in [0.1, 0.15) is 5.76 Å². The molecule has 1 N–H and O–H groups in total. The highest BCUT2D eigenvalue weighted by atomic mass is 16.5. The van der Waals surface area contributed by atoms with Crippen molar-refractivity contribution in [3.8, 4) is 0 Å². The van der Waals surface area contributed by atoms with E-state index in [0.29, 0.717) is 0 Å². The molecule has 25 heavy (non-hydrogen) atoms. The van der Waals surface area contributed by atoms with E-state index in [1.165, 1.54) is 11.3 Å². The van der Waals surface area contributed by atoms with Crippen molar-refractivity contribution in [2.75, 3.05) is 39.2 Å². The van der Waals surface area contributed by atoms with Gasteiger partial charge in [-0.25, -0.2) is 0 Å². The Hall–Kier alpha value is -1.85. The molecule has 136 valence electrons. The van der Waals surface area contributed by atoms with Gasteiger partial charge in [-0.3, -0.25) is 0 Å². The quantitative estimate of drug-likeness (QED) is 0.904.